The van der Waals surface area contributed by atoms with Crippen molar-refractivity contribution in [2.75, 3.05) is 0 Å². The molecule has 0 N–H and O–H groups in total. The van der Waals surface area contributed by atoms with Crippen molar-refractivity contribution in [2.45, 2.75) is 19.5 Å². The molecule has 0 bridgehead atoms. The van der Waals surface area contributed by atoms with E-state index in [-0.39, 0.29) is 5.56 Å². The van der Waals surface area contributed by atoms with Gasteiger partial charge in [0.05, 0.1) is 11.9 Å². The second-order valence-electron chi connectivity index (χ2n) is 3.92. The summed E-state index contributed by atoms with van der Waals surface area (Å²) in [6, 6.07) is 6.22. The van der Waals surface area contributed by atoms with Crippen LogP contribution in [-0.4, -0.2) is 11.2 Å². The van der Waals surface area contributed by atoms with Gasteiger partial charge in [-0.2, -0.15) is 13.2 Å². The van der Waals surface area contributed by atoms with Gasteiger partial charge in [0, 0.05) is 5.39 Å². The molecule has 0 amide bonds. The number of halogens is 4. The third-order valence-electron chi connectivity index (χ3n) is 2.41. The molecular formula is C12H9ClF3N. The van der Waals surface area contributed by atoms with E-state index in [4.69, 9.17) is 11.6 Å². The van der Waals surface area contributed by atoms with Crippen molar-refractivity contribution in [1.82, 2.24) is 4.98 Å². The minimum Gasteiger partial charge on any atom is -0.236 e. The minimum atomic E-state index is -4.19. The number of benzene rings is 1. The van der Waals surface area contributed by atoms with Crippen molar-refractivity contribution in [2.24, 2.45) is 0 Å². The van der Waals surface area contributed by atoms with Crippen molar-refractivity contribution in [1.29, 1.82) is 0 Å². The Morgan fingerprint density at radius 2 is 1.94 bits per heavy atom. The summed E-state index contributed by atoms with van der Waals surface area (Å²) in [5.74, 6) is 0. The average Bonchev–Trinajstić information content (AvgIpc) is 2.18. The van der Waals surface area contributed by atoms with Crippen LogP contribution in [0.1, 0.15) is 11.1 Å². The van der Waals surface area contributed by atoms with E-state index in [1.54, 1.807) is 19.1 Å². The molecule has 17 heavy (non-hydrogen) atoms. The Morgan fingerprint density at radius 3 is 2.59 bits per heavy atom. The zero-order valence-corrected chi connectivity index (χ0v) is 9.73. The van der Waals surface area contributed by atoms with Gasteiger partial charge in [0.2, 0.25) is 0 Å². The largest absolute Gasteiger partial charge is 0.393 e. The van der Waals surface area contributed by atoms with Gasteiger partial charge in [0.1, 0.15) is 5.15 Å². The second-order valence-corrected chi connectivity index (χ2v) is 4.27. The molecule has 0 aliphatic rings. The first-order valence-electron chi connectivity index (χ1n) is 4.98. The fourth-order valence-electron chi connectivity index (χ4n) is 1.65. The number of aryl methyl sites for hydroxylation is 1. The number of rotatable bonds is 1. The summed E-state index contributed by atoms with van der Waals surface area (Å²) in [6.45, 7) is 1.77. The fraction of sp³-hybridized carbons (Fsp3) is 0.250. The molecule has 1 aromatic carbocycles. The first-order valence-corrected chi connectivity index (χ1v) is 5.35. The predicted molar refractivity (Wildman–Crippen MR) is 61.2 cm³/mol. The molecule has 2 rings (SSSR count). The quantitative estimate of drug-likeness (QED) is 0.696. The van der Waals surface area contributed by atoms with E-state index >= 15 is 0 Å². The predicted octanol–water partition coefficient (Wildman–Crippen LogP) is 4.30. The topological polar surface area (TPSA) is 12.9 Å². The van der Waals surface area contributed by atoms with Gasteiger partial charge in [-0.1, -0.05) is 17.7 Å². The van der Waals surface area contributed by atoms with Crippen LogP contribution in [0.25, 0.3) is 10.9 Å². The molecule has 0 saturated carbocycles. The molecule has 0 aliphatic carbocycles. The zero-order valence-electron chi connectivity index (χ0n) is 8.98. The number of aromatic nitrogens is 1. The summed E-state index contributed by atoms with van der Waals surface area (Å²) in [5, 5.41) is 1.05. The van der Waals surface area contributed by atoms with Crippen LogP contribution >= 0.6 is 11.6 Å². The van der Waals surface area contributed by atoms with Crippen molar-refractivity contribution in [3.05, 3.63) is 40.5 Å². The highest BCUT2D eigenvalue weighted by molar-refractivity contribution is 6.30. The van der Waals surface area contributed by atoms with Crippen molar-refractivity contribution >= 4 is 22.5 Å². The van der Waals surface area contributed by atoms with E-state index < -0.39 is 12.6 Å². The fourth-order valence-corrected chi connectivity index (χ4v) is 1.80. The van der Waals surface area contributed by atoms with Crippen molar-refractivity contribution in [3.8, 4) is 0 Å². The van der Waals surface area contributed by atoms with Gasteiger partial charge in [0.15, 0.2) is 0 Å². The van der Waals surface area contributed by atoms with E-state index in [1.165, 1.54) is 12.1 Å². The van der Waals surface area contributed by atoms with Gasteiger partial charge < -0.3 is 0 Å². The summed E-state index contributed by atoms with van der Waals surface area (Å²) >= 11 is 5.84. The maximum absolute atomic E-state index is 12.2. The maximum atomic E-state index is 12.2. The monoisotopic (exact) mass is 259 g/mol. The van der Waals surface area contributed by atoms with E-state index in [2.05, 4.69) is 4.98 Å². The molecule has 0 fully saturated rings. The lowest BCUT2D eigenvalue weighted by atomic mass is 10.1. The van der Waals surface area contributed by atoms with Crippen molar-refractivity contribution < 1.29 is 13.2 Å². The normalized spacial score (nSPS) is 12.1. The zero-order chi connectivity index (χ0) is 12.6. The lowest BCUT2D eigenvalue weighted by molar-refractivity contribution is -0.127. The molecule has 0 atom stereocenters. The van der Waals surface area contributed by atoms with Crippen molar-refractivity contribution in [3.63, 3.8) is 0 Å². The summed E-state index contributed by atoms with van der Waals surface area (Å²) in [5.41, 5.74) is 1.59. The lowest BCUT2D eigenvalue weighted by Crippen LogP contribution is -2.11. The molecule has 5 heteroatoms. The van der Waals surface area contributed by atoms with Crippen LogP contribution in [0.5, 0.6) is 0 Å². The number of alkyl halides is 3. The standard InChI is InChI=1S/C12H9ClF3N/c1-7-4-9-5-8(6-12(14,15)16)2-3-10(9)17-11(7)13/h2-5H,6H2,1H3. The SMILES string of the molecule is Cc1cc2cc(CC(F)(F)F)ccc2nc1Cl. The minimum absolute atomic E-state index is 0.230. The van der Waals surface area contributed by atoms with Gasteiger partial charge >= 0.3 is 6.18 Å². The average molecular weight is 260 g/mol. The Labute approximate surface area is 101 Å². The molecule has 0 spiro atoms. The Bertz CT molecular complexity index is 563. The number of hydrogen-bond acceptors (Lipinski definition) is 1. The van der Waals surface area contributed by atoms with Gasteiger partial charge in [-0.25, -0.2) is 4.98 Å². The Kier molecular flexibility index (Phi) is 3.00. The van der Waals surface area contributed by atoms with Gasteiger partial charge in [-0.3, -0.25) is 0 Å². The summed E-state index contributed by atoms with van der Waals surface area (Å²) in [4.78, 5) is 4.10. The van der Waals surface area contributed by atoms with Crippen LogP contribution in [0.15, 0.2) is 24.3 Å². The first kappa shape index (κ1) is 12.2. The highest BCUT2D eigenvalue weighted by atomic mass is 35.5. The van der Waals surface area contributed by atoms with Crippen LogP contribution in [-0.2, 0) is 6.42 Å². The molecule has 0 aliphatic heterocycles. The van der Waals surface area contributed by atoms with Gasteiger partial charge in [0.25, 0.3) is 0 Å². The van der Waals surface area contributed by atoms with Crippen LogP contribution < -0.4 is 0 Å². The second kappa shape index (κ2) is 4.18. The van der Waals surface area contributed by atoms with E-state index in [0.717, 1.165) is 5.56 Å². The maximum Gasteiger partial charge on any atom is 0.393 e. The van der Waals surface area contributed by atoms with E-state index in [0.29, 0.717) is 16.1 Å². The Morgan fingerprint density at radius 1 is 1.24 bits per heavy atom. The third kappa shape index (κ3) is 2.88. The summed E-state index contributed by atoms with van der Waals surface area (Å²) < 4.78 is 36.7. The molecule has 1 heterocycles. The van der Waals surface area contributed by atoms with Crippen LogP contribution in [0.3, 0.4) is 0 Å². The molecule has 0 radical (unpaired) electrons. The summed E-state index contributed by atoms with van der Waals surface area (Å²) in [7, 11) is 0. The first-order chi connectivity index (χ1) is 7.85. The number of hydrogen-bond donors (Lipinski definition) is 0. The highest BCUT2D eigenvalue weighted by Crippen LogP contribution is 2.25. The van der Waals surface area contributed by atoms with Crippen LogP contribution in [0.4, 0.5) is 13.2 Å². The van der Waals surface area contributed by atoms with Gasteiger partial charge in [-0.05, 0) is 36.2 Å². The van der Waals surface area contributed by atoms with Crippen LogP contribution in [0, 0.1) is 6.92 Å². The lowest BCUT2D eigenvalue weighted by Gasteiger charge is -2.08. The Hall–Kier alpha value is -1.29. The molecule has 1 aromatic heterocycles. The molecule has 1 nitrogen and oxygen atoms in total. The summed E-state index contributed by atoms with van der Waals surface area (Å²) in [6.07, 6.45) is -5.12. The Balaban J connectivity index is 2.47. The number of fused-ring (bicyclic) bond motifs is 1. The molecule has 0 saturated heterocycles. The van der Waals surface area contributed by atoms with E-state index in [1.807, 2.05) is 0 Å². The highest BCUT2D eigenvalue weighted by Gasteiger charge is 2.27. The molecular weight excluding hydrogens is 251 g/mol. The molecule has 2 aromatic rings. The van der Waals surface area contributed by atoms with Gasteiger partial charge in [-0.15, -0.1) is 0 Å². The number of pyridine rings is 1. The molecule has 90 valence electrons. The smallest absolute Gasteiger partial charge is 0.236 e. The third-order valence-corrected chi connectivity index (χ3v) is 2.80. The van der Waals surface area contributed by atoms with E-state index in [9.17, 15) is 13.2 Å². The number of nitrogens with zero attached hydrogens (tertiary/aromatic N) is 1. The molecule has 0 unspecified atom stereocenters. The van der Waals surface area contributed by atoms with Crippen LogP contribution in [0.2, 0.25) is 5.15 Å².